The van der Waals surface area contributed by atoms with Gasteiger partial charge in [0.2, 0.25) is 0 Å². The van der Waals surface area contributed by atoms with Crippen LogP contribution >= 0.6 is 24.0 Å². The molecule has 1 aliphatic heterocycles. The Morgan fingerprint density at radius 2 is 1.85 bits per heavy atom. The van der Waals surface area contributed by atoms with Crippen LogP contribution in [0.3, 0.4) is 0 Å². The minimum Gasteiger partial charge on any atom is -0.478 e. The van der Waals surface area contributed by atoms with E-state index in [9.17, 15) is 22.8 Å². The van der Waals surface area contributed by atoms with E-state index in [1.165, 1.54) is 42.5 Å². The Morgan fingerprint density at radius 1 is 1.15 bits per heavy atom. The van der Waals surface area contributed by atoms with Gasteiger partial charge in [-0.15, -0.1) is 0 Å². The van der Waals surface area contributed by atoms with Crippen molar-refractivity contribution in [3.63, 3.8) is 0 Å². The number of carboxylic acids is 1. The molecule has 2 aromatic carbocycles. The summed E-state index contributed by atoms with van der Waals surface area (Å²) in [5, 5.41) is 9.08. The van der Waals surface area contributed by atoms with Crippen molar-refractivity contribution >= 4 is 51.9 Å². The van der Waals surface area contributed by atoms with Gasteiger partial charge in [-0.05, 0) is 35.9 Å². The van der Waals surface area contributed by atoms with Gasteiger partial charge in [-0.1, -0.05) is 48.2 Å². The molecule has 1 fully saturated rings. The van der Waals surface area contributed by atoms with Crippen LogP contribution in [0, 0.1) is 0 Å². The first-order chi connectivity index (χ1) is 12.7. The topological polar surface area (TPSA) is 57.6 Å². The van der Waals surface area contributed by atoms with Crippen molar-refractivity contribution in [2.45, 2.75) is 6.18 Å². The van der Waals surface area contributed by atoms with Crippen LogP contribution in [-0.2, 0) is 11.0 Å². The van der Waals surface area contributed by atoms with E-state index in [1.807, 2.05) is 0 Å². The third-order valence-corrected chi connectivity index (χ3v) is 5.00. The number of carboxylic acid groups (broad SMARTS) is 1. The Hall–Kier alpha value is -2.65. The van der Waals surface area contributed by atoms with Gasteiger partial charge in [-0.2, -0.15) is 13.2 Å². The minimum absolute atomic E-state index is 0.0254. The van der Waals surface area contributed by atoms with Gasteiger partial charge >= 0.3 is 12.1 Å². The number of hydrogen-bond acceptors (Lipinski definition) is 4. The second-order valence-electron chi connectivity index (χ2n) is 5.46. The standard InChI is InChI=1S/C18H10F3NO3S2/c19-18(20,21)13-7-2-1-4-10(13)9-14-15(23)22(17(26)27-14)12-6-3-5-11(8-12)16(24)25/h1-9H,(H,24,25)/b14-9+. The summed E-state index contributed by atoms with van der Waals surface area (Å²) in [5.41, 5.74) is -0.800. The molecule has 2 aromatic rings. The smallest absolute Gasteiger partial charge is 0.416 e. The molecule has 9 heteroatoms. The number of carbonyl (C=O) groups is 2. The fourth-order valence-corrected chi connectivity index (χ4v) is 3.78. The molecule has 1 saturated heterocycles. The number of hydrogen-bond donors (Lipinski definition) is 1. The number of aromatic carboxylic acids is 1. The summed E-state index contributed by atoms with van der Waals surface area (Å²) >= 11 is 6.02. The average molecular weight is 409 g/mol. The van der Waals surface area contributed by atoms with Crippen LogP contribution in [0.5, 0.6) is 0 Å². The number of thioether (sulfide) groups is 1. The van der Waals surface area contributed by atoms with Gasteiger partial charge in [0.1, 0.15) is 0 Å². The molecule has 0 atom stereocenters. The van der Waals surface area contributed by atoms with Crippen molar-refractivity contribution < 1.29 is 27.9 Å². The maximum Gasteiger partial charge on any atom is 0.416 e. The molecule has 0 radical (unpaired) electrons. The first kappa shape index (κ1) is 19.1. The zero-order chi connectivity index (χ0) is 19.8. The molecule has 3 rings (SSSR count). The molecular weight excluding hydrogens is 399 g/mol. The first-order valence-electron chi connectivity index (χ1n) is 7.46. The predicted octanol–water partition coefficient (Wildman–Crippen LogP) is 4.81. The van der Waals surface area contributed by atoms with E-state index in [0.717, 1.165) is 28.8 Å². The van der Waals surface area contributed by atoms with Crippen LogP contribution in [0.4, 0.5) is 18.9 Å². The summed E-state index contributed by atoms with van der Waals surface area (Å²) in [6, 6.07) is 10.5. The molecular formula is C18H10F3NO3S2. The van der Waals surface area contributed by atoms with Crippen molar-refractivity contribution in [3.05, 3.63) is 70.1 Å². The fraction of sp³-hybridized carbons (Fsp3) is 0.0556. The summed E-state index contributed by atoms with van der Waals surface area (Å²) < 4.78 is 39.5. The third kappa shape index (κ3) is 3.88. The summed E-state index contributed by atoms with van der Waals surface area (Å²) in [6.07, 6.45) is -3.42. The van der Waals surface area contributed by atoms with Crippen molar-refractivity contribution in [1.82, 2.24) is 0 Å². The number of carbonyl (C=O) groups excluding carboxylic acids is 1. The number of amides is 1. The zero-order valence-corrected chi connectivity index (χ0v) is 15.0. The molecule has 1 aliphatic rings. The van der Waals surface area contributed by atoms with Gasteiger partial charge in [0.25, 0.3) is 5.91 Å². The van der Waals surface area contributed by atoms with Gasteiger partial charge in [0.05, 0.1) is 21.7 Å². The number of benzene rings is 2. The second kappa shape index (κ2) is 7.16. The lowest BCUT2D eigenvalue weighted by atomic mass is 10.1. The van der Waals surface area contributed by atoms with Gasteiger partial charge in [-0.3, -0.25) is 9.69 Å². The number of nitrogens with zero attached hydrogens (tertiary/aromatic N) is 1. The summed E-state index contributed by atoms with van der Waals surface area (Å²) in [4.78, 5) is 24.9. The highest BCUT2D eigenvalue weighted by Gasteiger charge is 2.36. The van der Waals surface area contributed by atoms with E-state index >= 15 is 0 Å². The molecule has 138 valence electrons. The van der Waals surface area contributed by atoms with E-state index in [4.69, 9.17) is 17.3 Å². The maximum absolute atomic E-state index is 13.1. The monoisotopic (exact) mass is 409 g/mol. The predicted molar refractivity (Wildman–Crippen MR) is 100 cm³/mol. The summed E-state index contributed by atoms with van der Waals surface area (Å²) in [6.45, 7) is 0. The van der Waals surface area contributed by atoms with Crippen LogP contribution in [-0.4, -0.2) is 21.3 Å². The molecule has 0 spiro atoms. The molecule has 27 heavy (non-hydrogen) atoms. The van der Waals surface area contributed by atoms with Crippen molar-refractivity contribution in [2.75, 3.05) is 4.90 Å². The molecule has 1 N–H and O–H groups in total. The van der Waals surface area contributed by atoms with Crippen molar-refractivity contribution in [2.24, 2.45) is 0 Å². The largest absolute Gasteiger partial charge is 0.478 e. The van der Waals surface area contributed by atoms with Crippen LogP contribution in [0.1, 0.15) is 21.5 Å². The quantitative estimate of drug-likeness (QED) is 0.583. The lowest BCUT2D eigenvalue weighted by molar-refractivity contribution is -0.137. The molecule has 4 nitrogen and oxygen atoms in total. The molecule has 0 bridgehead atoms. The van der Waals surface area contributed by atoms with E-state index in [-0.39, 0.29) is 26.0 Å². The lowest BCUT2D eigenvalue weighted by Gasteiger charge is -2.15. The third-order valence-electron chi connectivity index (χ3n) is 3.70. The highest BCUT2D eigenvalue weighted by Crippen LogP contribution is 2.38. The number of rotatable bonds is 3. The fourth-order valence-electron chi connectivity index (χ4n) is 2.49. The number of alkyl halides is 3. The molecule has 0 saturated carbocycles. The number of halogens is 3. The Balaban J connectivity index is 1.99. The van der Waals surface area contributed by atoms with E-state index in [2.05, 4.69) is 0 Å². The van der Waals surface area contributed by atoms with Gasteiger partial charge in [0.15, 0.2) is 4.32 Å². The van der Waals surface area contributed by atoms with Gasteiger partial charge in [0, 0.05) is 0 Å². The normalized spacial score (nSPS) is 16.3. The molecule has 0 aromatic heterocycles. The van der Waals surface area contributed by atoms with Crippen LogP contribution in [0.25, 0.3) is 6.08 Å². The molecule has 0 aliphatic carbocycles. The van der Waals surface area contributed by atoms with Crippen molar-refractivity contribution in [3.8, 4) is 0 Å². The highest BCUT2D eigenvalue weighted by molar-refractivity contribution is 8.27. The minimum atomic E-state index is -4.56. The first-order valence-corrected chi connectivity index (χ1v) is 8.68. The SMILES string of the molecule is O=C(O)c1cccc(N2C(=O)/C(=C\c3ccccc3C(F)(F)F)SC2=S)c1. The van der Waals surface area contributed by atoms with Crippen LogP contribution in [0.15, 0.2) is 53.4 Å². The molecule has 1 heterocycles. The highest BCUT2D eigenvalue weighted by atomic mass is 32.2. The van der Waals surface area contributed by atoms with Crippen LogP contribution < -0.4 is 4.90 Å². The van der Waals surface area contributed by atoms with E-state index < -0.39 is 23.6 Å². The Kier molecular flexibility index (Phi) is 5.07. The maximum atomic E-state index is 13.1. The van der Waals surface area contributed by atoms with Gasteiger partial charge < -0.3 is 5.11 Å². The van der Waals surface area contributed by atoms with Crippen molar-refractivity contribution in [1.29, 1.82) is 0 Å². The number of thiocarbonyl (C=S) groups is 1. The summed E-state index contributed by atoms with van der Waals surface area (Å²) in [7, 11) is 0. The van der Waals surface area contributed by atoms with Gasteiger partial charge in [-0.25, -0.2) is 4.79 Å². The average Bonchev–Trinajstić information content (AvgIpc) is 2.88. The lowest BCUT2D eigenvalue weighted by Crippen LogP contribution is -2.27. The number of anilines is 1. The van der Waals surface area contributed by atoms with E-state index in [0.29, 0.717) is 0 Å². The Morgan fingerprint density at radius 3 is 2.52 bits per heavy atom. The second-order valence-corrected chi connectivity index (χ2v) is 7.13. The molecule has 0 unspecified atom stereocenters. The van der Waals surface area contributed by atoms with Crippen LogP contribution in [0.2, 0.25) is 0 Å². The Bertz CT molecular complexity index is 986. The zero-order valence-electron chi connectivity index (χ0n) is 13.4. The Labute approximate surface area is 161 Å². The summed E-state index contributed by atoms with van der Waals surface area (Å²) in [5.74, 6) is -1.78. The molecule has 1 amide bonds. The van der Waals surface area contributed by atoms with E-state index in [1.54, 1.807) is 0 Å².